The summed E-state index contributed by atoms with van der Waals surface area (Å²) in [7, 11) is 0. The molecule has 0 heterocycles. The summed E-state index contributed by atoms with van der Waals surface area (Å²) in [4.78, 5) is 47.6. The summed E-state index contributed by atoms with van der Waals surface area (Å²) in [6, 6.07) is 3.42. The minimum atomic E-state index is -1.68. The first-order valence-electron chi connectivity index (χ1n) is 8.37. The van der Waals surface area contributed by atoms with Gasteiger partial charge < -0.3 is 19.9 Å². The lowest BCUT2D eigenvalue weighted by Crippen LogP contribution is -2.50. The molecule has 0 aromatic heterocycles. The molecule has 1 aromatic rings. The molecule has 0 saturated heterocycles. The second-order valence-electron chi connectivity index (χ2n) is 5.55. The number of rotatable bonds is 10. The molecule has 0 radical (unpaired) electrons. The van der Waals surface area contributed by atoms with Crippen molar-refractivity contribution in [2.24, 2.45) is 5.92 Å². The zero-order valence-corrected chi connectivity index (χ0v) is 15.1. The Labute approximate surface area is 155 Å². The normalized spacial score (nSPS) is 12.6. The van der Waals surface area contributed by atoms with Crippen LogP contribution in [-0.4, -0.2) is 48.2 Å². The standard InChI is InChI=1S/C18H22FNO7/c1-3-26-15(22)10-13(18(25)27-4-2)16(17(23)24)20-14(21)9-11-5-7-12(19)8-6-11/h5-8,13,16H,3-4,9-10H2,1-2H3,(H,20,21)(H,23,24)/t13-,16+/m1/s1. The molecule has 0 bridgehead atoms. The highest BCUT2D eigenvalue weighted by molar-refractivity contribution is 5.91. The van der Waals surface area contributed by atoms with Crippen LogP contribution in [0.1, 0.15) is 25.8 Å². The number of carboxylic acid groups (broad SMARTS) is 1. The Morgan fingerprint density at radius 3 is 2.19 bits per heavy atom. The molecule has 0 spiro atoms. The number of esters is 2. The van der Waals surface area contributed by atoms with Gasteiger partial charge in [-0.25, -0.2) is 9.18 Å². The van der Waals surface area contributed by atoms with Gasteiger partial charge in [-0.1, -0.05) is 12.1 Å². The number of benzene rings is 1. The average molecular weight is 383 g/mol. The molecule has 1 amide bonds. The lowest BCUT2D eigenvalue weighted by atomic mass is 9.95. The van der Waals surface area contributed by atoms with E-state index in [9.17, 15) is 28.7 Å². The molecule has 0 fully saturated rings. The Bertz CT molecular complexity index is 675. The minimum absolute atomic E-state index is 0.0198. The number of aliphatic carboxylic acids is 1. The number of halogens is 1. The third-order valence-corrected chi connectivity index (χ3v) is 3.54. The summed E-state index contributed by atoms with van der Waals surface area (Å²) in [5.41, 5.74) is 0.455. The van der Waals surface area contributed by atoms with E-state index in [0.717, 1.165) is 0 Å². The van der Waals surface area contributed by atoms with E-state index in [1.54, 1.807) is 6.92 Å². The topological polar surface area (TPSA) is 119 Å². The molecule has 148 valence electrons. The van der Waals surface area contributed by atoms with E-state index in [0.29, 0.717) is 5.56 Å². The van der Waals surface area contributed by atoms with Crippen LogP contribution in [0, 0.1) is 11.7 Å². The van der Waals surface area contributed by atoms with Gasteiger partial charge in [0.2, 0.25) is 5.91 Å². The van der Waals surface area contributed by atoms with Crippen molar-refractivity contribution in [1.82, 2.24) is 5.32 Å². The predicted molar refractivity (Wildman–Crippen MR) is 91.0 cm³/mol. The van der Waals surface area contributed by atoms with Gasteiger partial charge in [0.1, 0.15) is 11.9 Å². The number of amides is 1. The van der Waals surface area contributed by atoms with Crippen molar-refractivity contribution in [3.05, 3.63) is 35.6 Å². The highest BCUT2D eigenvalue weighted by Crippen LogP contribution is 2.15. The number of hydrogen-bond acceptors (Lipinski definition) is 6. The summed E-state index contributed by atoms with van der Waals surface area (Å²) in [5.74, 6) is -5.83. The van der Waals surface area contributed by atoms with Crippen molar-refractivity contribution >= 4 is 23.8 Å². The smallest absolute Gasteiger partial charge is 0.327 e. The van der Waals surface area contributed by atoms with Crippen molar-refractivity contribution in [1.29, 1.82) is 0 Å². The number of carbonyl (C=O) groups is 4. The number of ether oxygens (including phenoxy) is 2. The SMILES string of the molecule is CCOC(=O)C[C@@H](C(=O)OCC)[C@H](NC(=O)Cc1ccc(F)cc1)C(=O)O. The molecular formula is C18H22FNO7. The Balaban J connectivity index is 2.92. The van der Waals surface area contributed by atoms with Gasteiger partial charge in [-0.2, -0.15) is 0 Å². The fraction of sp³-hybridized carbons (Fsp3) is 0.444. The molecule has 1 aromatic carbocycles. The van der Waals surface area contributed by atoms with E-state index in [1.165, 1.54) is 31.2 Å². The zero-order valence-electron chi connectivity index (χ0n) is 15.1. The van der Waals surface area contributed by atoms with Crippen molar-refractivity contribution in [2.45, 2.75) is 32.7 Å². The van der Waals surface area contributed by atoms with Gasteiger partial charge in [0.15, 0.2) is 0 Å². The first kappa shape index (κ1) is 22.1. The van der Waals surface area contributed by atoms with Crippen molar-refractivity contribution in [3.63, 3.8) is 0 Å². The highest BCUT2D eigenvalue weighted by Gasteiger charge is 2.38. The highest BCUT2D eigenvalue weighted by atomic mass is 19.1. The summed E-state index contributed by atoms with van der Waals surface area (Å²) in [6.45, 7) is 3.13. The van der Waals surface area contributed by atoms with E-state index >= 15 is 0 Å². The predicted octanol–water partition coefficient (Wildman–Crippen LogP) is 1.07. The Morgan fingerprint density at radius 1 is 1.07 bits per heavy atom. The van der Waals surface area contributed by atoms with Crippen LogP contribution >= 0.6 is 0 Å². The monoisotopic (exact) mass is 383 g/mol. The second-order valence-corrected chi connectivity index (χ2v) is 5.55. The minimum Gasteiger partial charge on any atom is -0.480 e. The number of carboxylic acids is 1. The lowest BCUT2D eigenvalue weighted by Gasteiger charge is -2.22. The van der Waals surface area contributed by atoms with E-state index in [4.69, 9.17) is 9.47 Å². The number of carbonyl (C=O) groups excluding carboxylic acids is 3. The first-order valence-corrected chi connectivity index (χ1v) is 8.37. The van der Waals surface area contributed by atoms with E-state index < -0.39 is 48.0 Å². The van der Waals surface area contributed by atoms with Crippen LogP contribution in [-0.2, 0) is 35.1 Å². The summed E-state index contributed by atoms with van der Waals surface area (Å²) in [6.07, 6.45) is -0.778. The Kier molecular flexibility index (Phi) is 8.91. The van der Waals surface area contributed by atoms with Gasteiger partial charge in [-0.05, 0) is 31.5 Å². The van der Waals surface area contributed by atoms with Gasteiger partial charge in [0.05, 0.1) is 32.0 Å². The molecule has 1 rings (SSSR count). The maximum atomic E-state index is 12.9. The maximum Gasteiger partial charge on any atom is 0.327 e. The maximum absolute atomic E-state index is 12.9. The molecule has 27 heavy (non-hydrogen) atoms. The summed E-state index contributed by atoms with van der Waals surface area (Å²) >= 11 is 0. The molecule has 0 saturated carbocycles. The van der Waals surface area contributed by atoms with Gasteiger partial charge in [0, 0.05) is 0 Å². The van der Waals surface area contributed by atoms with E-state index in [-0.39, 0.29) is 19.6 Å². The zero-order chi connectivity index (χ0) is 20.4. The van der Waals surface area contributed by atoms with Crippen molar-refractivity contribution in [2.75, 3.05) is 13.2 Å². The lowest BCUT2D eigenvalue weighted by molar-refractivity contribution is -0.160. The third kappa shape index (κ3) is 7.43. The molecule has 2 N–H and O–H groups in total. The molecular weight excluding hydrogens is 361 g/mol. The van der Waals surface area contributed by atoms with Gasteiger partial charge in [-0.3, -0.25) is 14.4 Å². The number of hydrogen-bond donors (Lipinski definition) is 2. The third-order valence-electron chi connectivity index (χ3n) is 3.54. The van der Waals surface area contributed by atoms with Crippen LogP contribution in [0.25, 0.3) is 0 Å². The van der Waals surface area contributed by atoms with Crippen LogP contribution in [0.5, 0.6) is 0 Å². The molecule has 0 aliphatic carbocycles. The van der Waals surface area contributed by atoms with Crippen LogP contribution in [0.3, 0.4) is 0 Å². The van der Waals surface area contributed by atoms with E-state index in [1.807, 2.05) is 0 Å². The van der Waals surface area contributed by atoms with Gasteiger partial charge in [-0.15, -0.1) is 0 Å². The first-order chi connectivity index (χ1) is 12.8. The van der Waals surface area contributed by atoms with Crippen LogP contribution < -0.4 is 5.32 Å². The fourth-order valence-electron chi connectivity index (χ4n) is 2.33. The Hall–Kier alpha value is -2.97. The number of nitrogens with one attached hydrogen (secondary N) is 1. The van der Waals surface area contributed by atoms with Crippen molar-refractivity contribution in [3.8, 4) is 0 Å². The quantitative estimate of drug-likeness (QED) is 0.580. The molecule has 9 heteroatoms. The Morgan fingerprint density at radius 2 is 1.67 bits per heavy atom. The molecule has 0 aliphatic rings. The van der Waals surface area contributed by atoms with Crippen LogP contribution in [0.2, 0.25) is 0 Å². The van der Waals surface area contributed by atoms with Gasteiger partial charge >= 0.3 is 17.9 Å². The fourth-order valence-corrected chi connectivity index (χ4v) is 2.33. The largest absolute Gasteiger partial charge is 0.480 e. The van der Waals surface area contributed by atoms with Crippen molar-refractivity contribution < 1.29 is 38.1 Å². The molecule has 2 atom stereocenters. The summed E-state index contributed by atoms with van der Waals surface area (Å²) < 4.78 is 22.5. The van der Waals surface area contributed by atoms with E-state index in [2.05, 4.69) is 5.32 Å². The van der Waals surface area contributed by atoms with Gasteiger partial charge in [0.25, 0.3) is 0 Å². The van der Waals surface area contributed by atoms with Crippen LogP contribution in [0.15, 0.2) is 24.3 Å². The average Bonchev–Trinajstić information content (AvgIpc) is 2.60. The molecule has 8 nitrogen and oxygen atoms in total. The van der Waals surface area contributed by atoms with Crippen LogP contribution in [0.4, 0.5) is 4.39 Å². The summed E-state index contributed by atoms with van der Waals surface area (Å²) in [5, 5.41) is 11.7. The molecule has 0 unspecified atom stereocenters. The molecule has 0 aliphatic heterocycles. The second kappa shape index (κ2) is 10.9.